The molecule has 2 N–H and O–H groups in total. The molecule has 0 spiro atoms. The van der Waals surface area contributed by atoms with E-state index in [1.54, 1.807) is 10.8 Å². The monoisotopic (exact) mass is 510 g/mol. The van der Waals surface area contributed by atoms with E-state index in [-0.39, 0.29) is 0 Å². The van der Waals surface area contributed by atoms with Crippen LogP contribution in [0.2, 0.25) is 0 Å². The van der Waals surface area contributed by atoms with Gasteiger partial charge in [-0.15, -0.1) is 22.7 Å². The van der Waals surface area contributed by atoms with Gasteiger partial charge in [0.05, 0.1) is 29.3 Å². The van der Waals surface area contributed by atoms with Crippen LogP contribution < -0.4 is 0 Å². The van der Waals surface area contributed by atoms with Crippen LogP contribution in [0.5, 0.6) is 0 Å². The smallest absolute Gasteiger partial charge is 0.188 e. The first-order chi connectivity index (χ1) is 14.6. The Morgan fingerprint density at radius 1 is 0.633 bits per heavy atom. The fourth-order valence-corrected chi connectivity index (χ4v) is 10.4. The summed E-state index contributed by atoms with van der Waals surface area (Å²) in [5.41, 5.74) is 1.92. The highest BCUT2D eigenvalue weighted by atomic mass is 33.1. The molecule has 2 atom stereocenters. The van der Waals surface area contributed by atoms with Crippen LogP contribution in [0.15, 0.2) is 91.0 Å². The van der Waals surface area contributed by atoms with Crippen LogP contribution in [0.4, 0.5) is 0 Å². The van der Waals surface area contributed by atoms with Gasteiger partial charge >= 0.3 is 0 Å². The fourth-order valence-electron chi connectivity index (χ4n) is 2.72. The predicted molar refractivity (Wildman–Crippen MR) is 129 cm³/mol. The first kappa shape index (κ1) is 22.0. The molecule has 2 aromatic heterocycles. The average molecular weight is 511 g/mol. The van der Waals surface area contributed by atoms with Crippen LogP contribution in [0.25, 0.3) is 20.9 Å². The van der Waals surface area contributed by atoms with E-state index in [1.807, 2.05) is 60.7 Å². The minimum absolute atomic E-state index is 0.347. The lowest BCUT2D eigenvalue weighted by Crippen LogP contribution is -1.89. The minimum atomic E-state index is -2.13. The van der Waals surface area contributed by atoms with Gasteiger partial charge in [0.25, 0.3) is 0 Å². The molecule has 4 nitrogen and oxygen atoms in total. The van der Waals surface area contributed by atoms with Gasteiger partial charge in [-0.05, 0) is 32.7 Å². The van der Waals surface area contributed by atoms with Crippen LogP contribution >= 0.6 is 44.3 Å². The van der Waals surface area contributed by atoms with Gasteiger partial charge < -0.3 is 9.11 Å². The highest BCUT2D eigenvalue weighted by Gasteiger charge is 2.22. The molecule has 10 heteroatoms. The molecule has 0 saturated heterocycles. The Balaban J connectivity index is 1.74. The van der Waals surface area contributed by atoms with E-state index >= 15 is 0 Å². The number of hydrogen-bond acceptors (Lipinski definition) is 6. The molecule has 154 valence electrons. The molecule has 0 bridgehead atoms. The summed E-state index contributed by atoms with van der Waals surface area (Å²) in [4.78, 5) is 3.87. The van der Waals surface area contributed by atoms with Crippen LogP contribution in [0.3, 0.4) is 0 Å². The molecule has 0 aliphatic rings. The van der Waals surface area contributed by atoms with E-state index in [9.17, 15) is 17.5 Å². The van der Waals surface area contributed by atoms with Crippen molar-refractivity contribution in [2.45, 2.75) is 19.6 Å². The maximum Gasteiger partial charge on any atom is 0.188 e. The highest BCUT2D eigenvalue weighted by molar-refractivity contribution is 8.76. The van der Waals surface area contributed by atoms with Gasteiger partial charge in [0, 0.05) is 10.8 Å². The van der Waals surface area contributed by atoms with Crippen molar-refractivity contribution in [2.24, 2.45) is 0 Å². The zero-order valence-corrected chi connectivity index (χ0v) is 20.0. The lowest BCUT2D eigenvalue weighted by atomic mass is 10.2. The molecular formula is C20H14O4S6. The largest absolute Gasteiger partial charge is 0.302 e. The zero-order chi connectivity index (χ0) is 21.1. The number of thiophene rings is 2. The van der Waals surface area contributed by atoms with Crippen LogP contribution in [0, 0.1) is 0 Å². The first-order valence-corrected chi connectivity index (χ1v) is 14.6. The summed E-state index contributed by atoms with van der Waals surface area (Å²) in [6, 6.07) is 19.4. The van der Waals surface area contributed by atoms with Gasteiger partial charge in [0.15, 0.2) is 22.2 Å². The second kappa shape index (κ2) is 9.92. The molecule has 0 fully saturated rings. The van der Waals surface area contributed by atoms with Gasteiger partial charge in [0.1, 0.15) is 0 Å². The normalized spacial score (nSPS) is 13.3. The van der Waals surface area contributed by atoms with E-state index in [0.717, 1.165) is 20.9 Å². The third kappa shape index (κ3) is 4.66. The maximum atomic E-state index is 11.9. The molecule has 0 radical (unpaired) electrons. The van der Waals surface area contributed by atoms with Crippen molar-refractivity contribution in [2.75, 3.05) is 0 Å². The summed E-state index contributed by atoms with van der Waals surface area (Å²) in [6.07, 6.45) is 0. The molecule has 2 heterocycles. The van der Waals surface area contributed by atoms with Crippen molar-refractivity contribution in [3.63, 3.8) is 0 Å². The van der Waals surface area contributed by atoms with Crippen molar-refractivity contribution in [3.8, 4) is 20.9 Å². The molecule has 2 aromatic carbocycles. The SMILES string of the molecule is O=S(O)c1csc(-c2ccccc2)c1SSc1c(S(=O)O)csc1-c1ccccc1. The average Bonchev–Trinajstić information content (AvgIpc) is 3.38. The summed E-state index contributed by atoms with van der Waals surface area (Å²) < 4.78 is 43.3. The molecule has 0 amide bonds. The van der Waals surface area contributed by atoms with Crippen LogP contribution in [-0.2, 0) is 22.2 Å². The van der Waals surface area contributed by atoms with Crippen molar-refractivity contribution in [1.82, 2.24) is 0 Å². The minimum Gasteiger partial charge on any atom is -0.302 e. The van der Waals surface area contributed by atoms with E-state index in [2.05, 4.69) is 0 Å². The Labute approximate surface area is 194 Å². The second-order valence-corrected chi connectivity index (χ2v) is 11.7. The lowest BCUT2D eigenvalue weighted by molar-refractivity contribution is 0.561. The number of benzene rings is 2. The Kier molecular flexibility index (Phi) is 7.27. The second-order valence-electron chi connectivity index (χ2n) is 5.91. The summed E-state index contributed by atoms with van der Waals surface area (Å²) >= 11 is -1.43. The van der Waals surface area contributed by atoms with E-state index in [1.165, 1.54) is 44.3 Å². The van der Waals surface area contributed by atoms with Gasteiger partial charge in [0.2, 0.25) is 0 Å². The van der Waals surface area contributed by atoms with Gasteiger partial charge in [-0.2, -0.15) is 0 Å². The highest BCUT2D eigenvalue weighted by Crippen LogP contribution is 2.52. The molecular weight excluding hydrogens is 497 g/mol. The van der Waals surface area contributed by atoms with Crippen molar-refractivity contribution in [1.29, 1.82) is 0 Å². The maximum absolute atomic E-state index is 11.9. The Morgan fingerprint density at radius 3 is 1.33 bits per heavy atom. The van der Waals surface area contributed by atoms with E-state index < -0.39 is 22.2 Å². The van der Waals surface area contributed by atoms with E-state index in [0.29, 0.717) is 19.6 Å². The van der Waals surface area contributed by atoms with Crippen molar-refractivity contribution >= 4 is 66.4 Å². The van der Waals surface area contributed by atoms with E-state index in [4.69, 9.17) is 0 Å². The van der Waals surface area contributed by atoms with Crippen LogP contribution in [0.1, 0.15) is 0 Å². The Hall–Kier alpha value is -1.24. The molecule has 4 aromatic rings. The van der Waals surface area contributed by atoms with Crippen molar-refractivity contribution < 1.29 is 17.5 Å². The lowest BCUT2D eigenvalue weighted by Gasteiger charge is -2.08. The topological polar surface area (TPSA) is 74.6 Å². The fraction of sp³-hybridized carbons (Fsp3) is 0. The molecule has 2 unspecified atom stereocenters. The van der Waals surface area contributed by atoms with Crippen LogP contribution in [-0.4, -0.2) is 17.5 Å². The standard InChI is InChI=1S/C20H14O4S6/c21-29(22)15-11-25-17(13-7-3-1-4-8-13)19(15)27-28-20-16(30(23)24)12-26-18(20)14-9-5-2-6-10-14/h1-12H,(H,21,22)(H,23,24). The van der Waals surface area contributed by atoms with Crippen molar-refractivity contribution in [3.05, 3.63) is 71.4 Å². The number of rotatable bonds is 7. The molecule has 0 aliphatic carbocycles. The summed E-state index contributed by atoms with van der Waals surface area (Å²) in [6.45, 7) is 0. The predicted octanol–water partition coefficient (Wildman–Crippen LogP) is 7.10. The summed E-state index contributed by atoms with van der Waals surface area (Å²) in [7, 11) is 2.67. The first-order valence-electron chi connectivity index (χ1n) is 8.46. The molecule has 30 heavy (non-hydrogen) atoms. The molecule has 0 saturated carbocycles. The Morgan fingerprint density at radius 2 is 1.00 bits per heavy atom. The third-order valence-corrected chi connectivity index (χ3v) is 10.9. The zero-order valence-electron chi connectivity index (χ0n) is 15.1. The van der Waals surface area contributed by atoms with Gasteiger partial charge in [-0.3, -0.25) is 0 Å². The van der Waals surface area contributed by atoms with Gasteiger partial charge in [-0.25, -0.2) is 8.42 Å². The van der Waals surface area contributed by atoms with Gasteiger partial charge in [-0.1, -0.05) is 60.7 Å². The summed E-state index contributed by atoms with van der Waals surface area (Å²) in [5.74, 6) is 0. The number of hydrogen-bond donors (Lipinski definition) is 2. The summed E-state index contributed by atoms with van der Waals surface area (Å²) in [5, 5.41) is 3.39. The quantitative estimate of drug-likeness (QED) is 0.204. The molecule has 0 aliphatic heterocycles. The molecule has 4 rings (SSSR count). The third-order valence-electron chi connectivity index (χ3n) is 4.08. The Bertz CT molecular complexity index is 1110.